The fraction of sp³-hybridized carbons (Fsp3) is 0.250. The molecule has 0 fully saturated rings. The lowest BCUT2D eigenvalue weighted by atomic mass is 10.1. The van der Waals surface area contributed by atoms with Crippen molar-refractivity contribution in [2.45, 2.75) is 12.5 Å². The highest BCUT2D eigenvalue weighted by atomic mass is 16.3. The Hall–Kier alpha value is -1.18. The number of rotatable bonds is 1. The molecule has 0 spiro atoms. The van der Waals surface area contributed by atoms with Gasteiger partial charge in [-0.1, -0.05) is 17.9 Å². The lowest BCUT2D eigenvalue weighted by molar-refractivity contribution is 0.215. The van der Waals surface area contributed by atoms with Crippen molar-refractivity contribution >= 4 is 0 Å². The molecule has 0 aromatic rings. The maximum Gasteiger partial charge on any atom is 0.206 e. The average Bonchev–Trinajstić information content (AvgIpc) is 1.89. The maximum absolute atomic E-state index is 9.07. The number of terminal acetylenes is 2. The number of allylic oxidation sites excluding steroid dienone is 1. The Balaban J connectivity index is 4.39. The van der Waals surface area contributed by atoms with E-state index in [1.165, 1.54) is 6.08 Å². The van der Waals surface area contributed by atoms with Crippen LogP contribution >= 0.6 is 0 Å². The molecule has 0 saturated heterocycles. The molecule has 0 rings (SSSR count). The summed E-state index contributed by atoms with van der Waals surface area (Å²) < 4.78 is 0. The molecule has 0 aliphatic heterocycles. The molecule has 46 valence electrons. The Morgan fingerprint density at radius 3 is 2.00 bits per heavy atom. The molecule has 0 aromatic carbocycles. The summed E-state index contributed by atoms with van der Waals surface area (Å²) in [5.74, 6) is 4.12. The topological polar surface area (TPSA) is 20.2 Å². The summed E-state index contributed by atoms with van der Waals surface area (Å²) in [7, 11) is 0. The van der Waals surface area contributed by atoms with Crippen LogP contribution in [0.5, 0.6) is 0 Å². The second-order valence-corrected chi connectivity index (χ2v) is 1.56. The van der Waals surface area contributed by atoms with Crippen molar-refractivity contribution in [2.24, 2.45) is 0 Å². The standard InChI is InChI=1S/C8H8O/c1-4-7-8(9,5-2)6-3/h2-4,7,9H,1H3/b7-4+. The Morgan fingerprint density at radius 2 is 1.89 bits per heavy atom. The zero-order valence-electron chi connectivity index (χ0n) is 5.26. The zero-order chi connectivity index (χ0) is 7.33. The van der Waals surface area contributed by atoms with E-state index in [0.29, 0.717) is 0 Å². The van der Waals surface area contributed by atoms with Crippen LogP contribution in [0.1, 0.15) is 6.92 Å². The van der Waals surface area contributed by atoms with Crippen LogP contribution in [0.25, 0.3) is 0 Å². The Kier molecular flexibility index (Phi) is 2.58. The van der Waals surface area contributed by atoms with Crippen molar-refractivity contribution in [2.75, 3.05) is 0 Å². The van der Waals surface area contributed by atoms with Crippen LogP contribution in [0.2, 0.25) is 0 Å². The van der Waals surface area contributed by atoms with E-state index in [4.69, 9.17) is 18.0 Å². The third kappa shape index (κ3) is 2.04. The fourth-order valence-electron chi connectivity index (χ4n) is 0.379. The van der Waals surface area contributed by atoms with E-state index in [9.17, 15) is 0 Å². The zero-order valence-corrected chi connectivity index (χ0v) is 5.26. The monoisotopic (exact) mass is 120 g/mol. The first-order chi connectivity index (χ1) is 4.18. The summed E-state index contributed by atoms with van der Waals surface area (Å²) in [5, 5.41) is 9.07. The molecule has 1 heteroatoms. The number of hydrogen-bond donors (Lipinski definition) is 1. The van der Waals surface area contributed by atoms with Crippen molar-refractivity contribution in [1.82, 2.24) is 0 Å². The van der Waals surface area contributed by atoms with Crippen LogP contribution < -0.4 is 0 Å². The van der Waals surface area contributed by atoms with Crippen molar-refractivity contribution in [3.63, 3.8) is 0 Å². The third-order valence-corrected chi connectivity index (χ3v) is 0.848. The largest absolute Gasteiger partial charge is 0.364 e. The molecule has 0 atom stereocenters. The van der Waals surface area contributed by atoms with Gasteiger partial charge < -0.3 is 5.11 Å². The molecule has 0 saturated carbocycles. The molecular weight excluding hydrogens is 112 g/mol. The summed E-state index contributed by atoms with van der Waals surface area (Å²) in [6.45, 7) is 1.74. The summed E-state index contributed by atoms with van der Waals surface area (Å²) >= 11 is 0. The second-order valence-electron chi connectivity index (χ2n) is 1.56. The molecule has 0 amide bonds. The van der Waals surface area contributed by atoms with Crippen LogP contribution in [0.4, 0.5) is 0 Å². The molecule has 1 nitrogen and oxygen atoms in total. The van der Waals surface area contributed by atoms with Gasteiger partial charge in [0.15, 0.2) is 0 Å². The normalized spacial score (nSPS) is 10.7. The predicted molar refractivity (Wildman–Crippen MR) is 37.4 cm³/mol. The highest BCUT2D eigenvalue weighted by molar-refractivity contribution is 5.32. The van der Waals surface area contributed by atoms with Gasteiger partial charge in [0.1, 0.15) is 0 Å². The minimum atomic E-state index is -1.49. The van der Waals surface area contributed by atoms with Crippen molar-refractivity contribution in [3.05, 3.63) is 12.2 Å². The highest BCUT2D eigenvalue weighted by Gasteiger charge is 2.13. The smallest absolute Gasteiger partial charge is 0.206 e. The van der Waals surface area contributed by atoms with Crippen molar-refractivity contribution in [1.29, 1.82) is 0 Å². The van der Waals surface area contributed by atoms with Crippen LogP contribution in [0.15, 0.2) is 12.2 Å². The van der Waals surface area contributed by atoms with E-state index < -0.39 is 5.60 Å². The van der Waals surface area contributed by atoms with E-state index in [0.717, 1.165) is 0 Å². The van der Waals surface area contributed by atoms with Gasteiger partial charge in [0.25, 0.3) is 0 Å². The summed E-state index contributed by atoms with van der Waals surface area (Å²) in [5.41, 5.74) is -1.49. The van der Waals surface area contributed by atoms with E-state index in [1.807, 2.05) is 0 Å². The van der Waals surface area contributed by atoms with Crippen LogP contribution in [0, 0.1) is 24.7 Å². The average molecular weight is 120 g/mol. The maximum atomic E-state index is 9.07. The Morgan fingerprint density at radius 1 is 1.44 bits per heavy atom. The summed E-state index contributed by atoms with van der Waals surface area (Å²) in [6.07, 6.45) is 12.8. The van der Waals surface area contributed by atoms with Gasteiger partial charge in [-0.25, -0.2) is 0 Å². The highest BCUT2D eigenvalue weighted by Crippen LogP contribution is 2.01. The lowest BCUT2D eigenvalue weighted by Gasteiger charge is -2.06. The third-order valence-electron chi connectivity index (χ3n) is 0.848. The van der Waals surface area contributed by atoms with Crippen molar-refractivity contribution in [3.8, 4) is 24.7 Å². The van der Waals surface area contributed by atoms with Gasteiger partial charge in [0, 0.05) is 0 Å². The first-order valence-electron chi connectivity index (χ1n) is 2.50. The van der Waals surface area contributed by atoms with Gasteiger partial charge in [0.05, 0.1) is 0 Å². The fourth-order valence-corrected chi connectivity index (χ4v) is 0.379. The lowest BCUT2D eigenvalue weighted by Crippen LogP contribution is -2.19. The summed E-state index contributed by atoms with van der Waals surface area (Å²) in [6, 6.07) is 0. The number of aliphatic hydroxyl groups is 1. The van der Waals surface area contributed by atoms with Crippen LogP contribution in [0.3, 0.4) is 0 Å². The first kappa shape index (κ1) is 7.82. The SMILES string of the molecule is C#CC(O)(C#C)/C=C/C. The van der Waals surface area contributed by atoms with Crippen LogP contribution in [-0.2, 0) is 0 Å². The molecule has 1 N–H and O–H groups in total. The Bertz CT molecular complexity index is 174. The van der Waals surface area contributed by atoms with E-state index in [-0.39, 0.29) is 0 Å². The molecule has 0 aromatic heterocycles. The number of hydrogen-bond acceptors (Lipinski definition) is 1. The van der Waals surface area contributed by atoms with E-state index in [2.05, 4.69) is 11.8 Å². The van der Waals surface area contributed by atoms with Gasteiger partial charge >= 0.3 is 0 Å². The minimum absolute atomic E-state index is 1.38. The molecule has 0 unspecified atom stereocenters. The molecule has 0 aliphatic rings. The van der Waals surface area contributed by atoms with Gasteiger partial charge in [-0.05, 0) is 13.0 Å². The van der Waals surface area contributed by atoms with Gasteiger partial charge in [-0.3, -0.25) is 0 Å². The van der Waals surface area contributed by atoms with Gasteiger partial charge in [0.2, 0.25) is 5.60 Å². The minimum Gasteiger partial charge on any atom is -0.364 e. The molecule has 0 radical (unpaired) electrons. The predicted octanol–water partition coefficient (Wildman–Crippen LogP) is 0.560. The summed E-state index contributed by atoms with van der Waals surface area (Å²) in [4.78, 5) is 0. The van der Waals surface area contributed by atoms with Gasteiger partial charge in [-0.15, -0.1) is 12.8 Å². The van der Waals surface area contributed by atoms with Gasteiger partial charge in [-0.2, -0.15) is 0 Å². The molecule has 9 heavy (non-hydrogen) atoms. The van der Waals surface area contributed by atoms with Crippen molar-refractivity contribution < 1.29 is 5.11 Å². The molecule has 0 aliphatic carbocycles. The second kappa shape index (κ2) is 2.97. The molecule has 0 heterocycles. The van der Waals surface area contributed by atoms with Crippen LogP contribution in [-0.4, -0.2) is 10.7 Å². The quantitative estimate of drug-likeness (QED) is 0.396. The Labute approximate surface area is 55.4 Å². The molecule has 0 bridgehead atoms. The van der Waals surface area contributed by atoms with E-state index in [1.54, 1.807) is 13.0 Å². The first-order valence-corrected chi connectivity index (χ1v) is 2.50. The van der Waals surface area contributed by atoms with E-state index >= 15 is 0 Å². The molecular formula is C8H8O.